The predicted molar refractivity (Wildman–Crippen MR) is 81.9 cm³/mol. The molecule has 0 spiro atoms. The average Bonchev–Trinajstić information content (AvgIpc) is 2.95. The number of anilines is 1. The smallest absolute Gasteiger partial charge is 0.241 e. The summed E-state index contributed by atoms with van der Waals surface area (Å²) in [6, 6.07) is 8.53. The molecule has 0 unspecified atom stereocenters. The lowest BCUT2D eigenvalue weighted by atomic mass is 10.1. The maximum Gasteiger partial charge on any atom is 0.241 e. The van der Waals surface area contributed by atoms with E-state index < -0.39 is 0 Å². The number of aryl methyl sites for hydroxylation is 1. The normalized spacial score (nSPS) is 14.2. The molecule has 0 atom stereocenters. The number of nitrogens with two attached hydrogens (primary N) is 1. The summed E-state index contributed by atoms with van der Waals surface area (Å²) in [6.07, 6.45) is 1.81. The van der Waals surface area contributed by atoms with Crippen molar-refractivity contribution in [2.45, 2.75) is 39.3 Å². The van der Waals surface area contributed by atoms with E-state index >= 15 is 0 Å². The number of carbonyl (C=O) groups excluding carboxylic acids is 1. The van der Waals surface area contributed by atoms with Gasteiger partial charge < -0.3 is 11.1 Å². The minimum absolute atomic E-state index is 0.0154. The zero-order chi connectivity index (χ0) is 15.0. The zero-order valence-electron chi connectivity index (χ0n) is 12.4. The van der Waals surface area contributed by atoms with Crippen LogP contribution in [0.2, 0.25) is 0 Å². The fraction of sp³-hybridized carbons (Fsp3) is 0.375. The molecule has 0 fully saturated rings. The second-order valence-electron chi connectivity index (χ2n) is 5.68. The highest BCUT2D eigenvalue weighted by molar-refractivity contribution is 5.76. The number of hydrogen-bond acceptors (Lipinski definition) is 3. The third kappa shape index (κ3) is 2.63. The lowest BCUT2D eigenvalue weighted by Crippen LogP contribution is -2.37. The van der Waals surface area contributed by atoms with E-state index in [2.05, 4.69) is 22.5 Å². The van der Waals surface area contributed by atoms with Crippen LogP contribution in [-0.2, 0) is 24.2 Å². The fourth-order valence-corrected chi connectivity index (χ4v) is 2.93. The summed E-state index contributed by atoms with van der Waals surface area (Å²) in [5.74, 6) is -0.0154. The summed E-state index contributed by atoms with van der Waals surface area (Å²) in [6.45, 7) is 3.95. The lowest BCUT2D eigenvalue weighted by Gasteiger charge is -2.12. The minimum Gasteiger partial charge on any atom is -0.396 e. The van der Waals surface area contributed by atoms with Crippen LogP contribution >= 0.6 is 0 Å². The molecule has 0 saturated heterocycles. The molecule has 110 valence electrons. The van der Waals surface area contributed by atoms with Crippen molar-refractivity contribution in [1.29, 1.82) is 0 Å². The van der Waals surface area contributed by atoms with Crippen molar-refractivity contribution in [3.8, 4) is 0 Å². The van der Waals surface area contributed by atoms with Gasteiger partial charge in [-0.3, -0.25) is 9.48 Å². The van der Waals surface area contributed by atoms with Crippen LogP contribution in [0.4, 0.5) is 5.69 Å². The molecule has 0 radical (unpaired) electrons. The lowest BCUT2D eigenvalue weighted by molar-refractivity contribution is -0.122. The molecule has 1 aliphatic rings. The van der Waals surface area contributed by atoms with Crippen LogP contribution in [0.3, 0.4) is 0 Å². The SMILES string of the molecule is Cc1nn(CC(=O)NC2Cc3ccccc3C2)c(C)c1N. The molecule has 2 aromatic rings. The summed E-state index contributed by atoms with van der Waals surface area (Å²) in [5.41, 5.74) is 10.8. The van der Waals surface area contributed by atoms with Crippen molar-refractivity contribution in [1.82, 2.24) is 15.1 Å². The highest BCUT2D eigenvalue weighted by atomic mass is 16.2. The van der Waals surface area contributed by atoms with E-state index in [-0.39, 0.29) is 18.5 Å². The van der Waals surface area contributed by atoms with Gasteiger partial charge in [0.1, 0.15) is 6.54 Å². The first-order chi connectivity index (χ1) is 10.0. The number of benzene rings is 1. The van der Waals surface area contributed by atoms with Gasteiger partial charge in [-0.15, -0.1) is 0 Å². The standard InChI is InChI=1S/C16H20N4O/c1-10-16(17)11(2)20(19-10)9-15(21)18-14-7-12-5-3-4-6-13(12)8-14/h3-6,14H,7-9,17H2,1-2H3,(H,18,21). The summed E-state index contributed by atoms with van der Waals surface area (Å²) >= 11 is 0. The van der Waals surface area contributed by atoms with Crippen molar-refractivity contribution < 1.29 is 4.79 Å². The van der Waals surface area contributed by atoms with E-state index in [4.69, 9.17) is 5.73 Å². The van der Waals surface area contributed by atoms with Gasteiger partial charge in [0, 0.05) is 6.04 Å². The first-order valence-corrected chi connectivity index (χ1v) is 7.20. The summed E-state index contributed by atoms with van der Waals surface area (Å²) in [5, 5.41) is 7.38. The second-order valence-corrected chi connectivity index (χ2v) is 5.68. The van der Waals surface area contributed by atoms with Gasteiger partial charge in [0.25, 0.3) is 0 Å². The Morgan fingerprint density at radius 3 is 2.48 bits per heavy atom. The molecule has 1 aromatic carbocycles. The predicted octanol–water partition coefficient (Wildman–Crippen LogP) is 1.37. The highest BCUT2D eigenvalue weighted by Gasteiger charge is 2.22. The summed E-state index contributed by atoms with van der Waals surface area (Å²) < 4.78 is 1.67. The number of nitrogens with one attached hydrogen (secondary N) is 1. The molecule has 1 amide bonds. The number of amides is 1. The molecule has 1 heterocycles. The quantitative estimate of drug-likeness (QED) is 0.894. The van der Waals surface area contributed by atoms with Gasteiger partial charge in [0.2, 0.25) is 5.91 Å². The van der Waals surface area contributed by atoms with Crippen molar-refractivity contribution in [2.75, 3.05) is 5.73 Å². The van der Waals surface area contributed by atoms with Crippen LogP contribution in [0.25, 0.3) is 0 Å². The van der Waals surface area contributed by atoms with Crippen LogP contribution in [0.1, 0.15) is 22.5 Å². The number of carbonyl (C=O) groups is 1. The van der Waals surface area contributed by atoms with Crippen LogP contribution in [0.5, 0.6) is 0 Å². The van der Waals surface area contributed by atoms with E-state index in [1.165, 1.54) is 11.1 Å². The van der Waals surface area contributed by atoms with E-state index in [1.54, 1.807) is 4.68 Å². The van der Waals surface area contributed by atoms with Gasteiger partial charge in [0.05, 0.1) is 17.1 Å². The highest BCUT2D eigenvalue weighted by Crippen LogP contribution is 2.21. The molecular weight excluding hydrogens is 264 g/mol. The molecule has 0 saturated carbocycles. The summed E-state index contributed by atoms with van der Waals surface area (Å²) in [4.78, 5) is 12.2. The van der Waals surface area contributed by atoms with Crippen LogP contribution < -0.4 is 11.1 Å². The maximum atomic E-state index is 12.2. The van der Waals surface area contributed by atoms with Gasteiger partial charge in [-0.1, -0.05) is 24.3 Å². The molecule has 21 heavy (non-hydrogen) atoms. The first-order valence-electron chi connectivity index (χ1n) is 7.20. The number of nitrogens with zero attached hydrogens (tertiary/aromatic N) is 2. The number of fused-ring (bicyclic) bond motifs is 1. The Balaban J connectivity index is 1.62. The monoisotopic (exact) mass is 284 g/mol. The van der Waals surface area contributed by atoms with Crippen molar-refractivity contribution in [3.63, 3.8) is 0 Å². The third-order valence-corrected chi connectivity index (χ3v) is 4.15. The Hall–Kier alpha value is -2.30. The van der Waals surface area contributed by atoms with Gasteiger partial charge in [-0.05, 0) is 37.8 Å². The molecule has 3 rings (SSSR count). The van der Waals surface area contributed by atoms with E-state index in [9.17, 15) is 4.79 Å². The third-order valence-electron chi connectivity index (χ3n) is 4.15. The number of nitrogen functional groups attached to an aromatic ring is 1. The van der Waals surface area contributed by atoms with Crippen LogP contribution in [-0.4, -0.2) is 21.7 Å². The van der Waals surface area contributed by atoms with Crippen molar-refractivity contribution >= 4 is 11.6 Å². The Kier molecular flexibility index (Phi) is 3.41. The zero-order valence-corrected chi connectivity index (χ0v) is 12.4. The Morgan fingerprint density at radius 1 is 1.33 bits per heavy atom. The maximum absolute atomic E-state index is 12.2. The van der Waals surface area contributed by atoms with Gasteiger partial charge in [-0.2, -0.15) is 5.10 Å². The van der Waals surface area contributed by atoms with Gasteiger partial charge in [-0.25, -0.2) is 0 Å². The fourth-order valence-electron chi connectivity index (χ4n) is 2.93. The average molecular weight is 284 g/mol. The topological polar surface area (TPSA) is 72.9 Å². The summed E-state index contributed by atoms with van der Waals surface area (Å²) in [7, 11) is 0. The Morgan fingerprint density at radius 2 is 1.95 bits per heavy atom. The molecule has 1 aromatic heterocycles. The number of rotatable bonds is 3. The molecule has 3 N–H and O–H groups in total. The van der Waals surface area contributed by atoms with E-state index in [1.807, 2.05) is 26.0 Å². The largest absolute Gasteiger partial charge is 0.396 e. The number of hydrogen-bond donors (Lipinski definition) is 2. The molecule has 5 heteroatoms. The van der Waals surface area contributed by atoms with Gasteiger partial charge >= 0.3 is 0 Å². The van der Waals surface area contributed by atoms with Crippen molar-refractivity contribution in [2.24, 2.45) is 0 Å². The van der Waals surface area contributed by atoms with Crippen LogP contribution in [0, 0.1) is 13.8 Å². The molecule has 1 aliphatic carbocycles. The first kappa shape index (κ1) is 13.7. The van der Waals surface area contributed by atoms with Crippen LogP contribution in [0.15, 0.2) is 24.3 Å². The second kappa shape index (κ2) is 5.24. The molecule has 5 nitrogen and oxygen atoms in total. The Labute approximate surface area is 124 Å². The minimum atomic E-state index is -0.0154. The Bertz CT molecular complexity index is 665. The van der Waals surface area contributed by atoms with E-state index in [0.717, 1.165) is 24.2 Å². The molecular formula is C16H20N4O. The number of aromatic nitrogens is 2. The molecule has 0 bridgehead atoms. The van der Waals surface area contributed by atoms with Gasteiger partial charge in [0.15, 0.2) is 0 Å². The van der Waals surface area contributed by atoms with E-state index in [0.29, 0.717) is 5.69 Å². The molecule has 0 aliphatic heterocycles. The van der Waals surface area contributed by atoms with Crippen molar-refractivity contribution in [3.05, 3.63) is 46.8 Å².